The Morgan fingerprint density at radius 1 is 1.19 bits per heavy atom. The summed E-state index contributed by atoms with van der Waals surface area (Å²) in [4.78, 5) is 44.8. The maximum absolute atomic E-state index is 13.7. The summed E-state index contributed by atoms with van der Waals surface area (Å²) in [7, 11) is 0. The first-order valence-corrected chi connectivity index (χ1v) is 16.3. The van der Waals surface area contributed by atoms with Crippen LogP contribution < -0.4 is 10.6 Å². The van der Waals surface area contributed by atoms with Gasteiger partial charge in [0, 0.05) is 29.5 Å². The number of carbonyl (C=O) groups is 2. The standard InChI is InChI=1S/C30H35Cl2N7O3S/c1-30(2,3)42-29(41)33-15-18-6-5-10-39(18)28(40)19-14-24-20(13-21(19)32)26(35-16-34-24)37-23(9-11-43-4)27-36-22-8-7-17(31)12-25(22)38-27/h7-8,12-14,16,18,23H,5-6,9-11,15H2,1-4H3,(H,33,41)(H,36,38)(H,34,35,37)/t18-,23?/m1/s1. The Labute approximate surface area is 264 Å². The molecule has 4 aromatic rings. The van der Waals surface area contributed by atoms with E-state index in [2.05, 4.69) is 31.8 Å². The predicted molar refractivity (Wildman–Crippen MR) is 173 cm³/mol. The minimum atomic E-state index is -0.598. The van der Waals surface area contributed by atoms with E-state index in [1.807, 2.05) is 39.0 Å². The second-order valence-electron chi connectivity index (χ2n) is 11.5. The lowest BCUT2D eigenvalue weighted by atomic mass is 10.1. The van der Waals surface area contributed by atoms with Crippen molar-refractivity contribution in [1.29, 1.82) is 0 Å². The number of likely N-dealkylation sites (tertiary alicyclic amines) is 1. The van der Waals surface area contributed by atoms with Gasteiger partial charge in [0.1, 0.15) is 23.6 Å². The number of benzene rings is 2. The SMILES string of the molecule is CSCCC(Nc1ncnc2cc(C(=O)N3CCC[C@@H]3CNC(=O)OC(C)(C)C)c(Cl)cc12)c1nc2cc(Cl)ccc2[nH]1. The smallest absolute Gasteiger partial charge is 0.407 e. The van der Waals surface area contributed by atoms with Gasteiger partial charge in [0.2, 0.25) is 0 Å². The molecule has 2 atom stereocenters. The molecule has 0 spiro atoms. The molecule has 2 aromatic heterocycles. The number of fused-ring (bicyclic) bond motifs is 2. The first-order valence-electron chi connectivity index (χ1n) is 14.1. The summed E-state index contributed by atoms with van der Waals surface area (Å²) in [6.07, 6.45) is 5.42. The molecule has 1 aliphatic heterocycles. The average molecular weight is 645 g/mol. The quantitative estimate of drug-likeness (QED) is 0.181. The molecule has 0 aliphatic carbocycles. The average Bonchev–Trinajstić information content (AvgIpc) is 3.59. The number of aromatic nitrogens is 4. The van der Waals surface area contributed by atoms with Gasteiger partial charge in [-0.2, -0.15) is 11.8 Å². The molecule has 0 saturated carbocycles. The molecule has 1 aliphatic rings. The minimum Gasteiger partial charge on any atom is -0.444 e. The van der Waals surface area contributed by atoms with Crippen molar-refractivity contribution in [3.05, 3.63) is 58.1 Å². The van der Waals surface area contributed by atoms with Gasteiger partial charge in [-0.15, -0.1) is 0 Å². The molecule has 3 heterocycles. The number of carbonyl (C=O) groups excluding carboxylic acids is 2. The van der Waals surface area contributed by atoms with E-state index in [1.54, 1.807) is 28.8 Å². The van der Waals surface area contributed by atoms with Crippen LogP contribution in [0.4, 0.5) is 10.6 Å². The van der Waals surface area contributed by atoms with E-state index in [0.29, 0.717) is 45.4 Å². The minimum absolute atomic E-state index is 0.162. The zero-order valence-electron chi connectivity index (χ0n) is 24.5. The second kappa shape index (κ2) is 13.2. The first kappa shape index (κ1) is 31.2. The van der Waals surface area contributed by atoms with Crippen molar-refractivity contribution < 1.29 is 14.3 Å². The van der Waals surface area contributed by atoms with Crippen molar-refractivity contribution in [3.63, 3.8) is 0 Å². The topological polar surface area (TPSA) is 125 Å². The molecule has 0 bridgehead atoms. The summed E-state index contributed by atoms with van der Waals surface area (Å²) < 4.78 is 5.35. The van der Waals surface area contributed by atoms with Crippen LogP contribution in [0.5, 0.6) is 0 Å². The molecule has 228 valence electrons. The molecule has 2 amide bonds. The van der Waals surface area contributed by atoms with Gasteiger partial charge in [-0.3, -0.25) is 4.79 Å². The van der Waals surface area contributed by atoms with Crippen LogP contribution in [-0.2, 0) is 4.74 Å². The Hall–Kier alpha value is -3.28. The van der Waals surface area contributed by atoms with Gasteiger partial charge >= 0.3 is 6.09 Å². The molecular formula is C30H35Cl2N7O3S. The number of hydrogen-bond donors (Lipinski definition) is 3. The van der Waals surface area contributed by atoms with Crippen LogP contribution in [0.25, 0.3) is 21.9 Å². The molecule has 2 aromatic carbocycles. The van der Waals surface area contributed by atoms with Gasteiger partial charge < -0.3 is 25.3 Å². The predicted octanol–water partition coefficient (Wildman–Crippen LogP) is 6.85. The second-order valence-corrected chi connectivity index (χ2v) is 13.3. The normalized spacial score (nSPS) is 16.0. The van der Waals surface area contributed by atoms with Gasteiger partial charge in [0.05, 0.1) is 33.2 Å². The number of alkyl carbamates (subject to hydrolysis) is 1. The molecule has 43 heavy (non-hydrogen) atoms. The number of ether oxygens (including phenoxy) is 1. The number of amides is 2. The van der Waals surface area contributed by atoms with Crippen LogP contribution in [0, 0.1) is 0 Å². The lowest BCUT2D eigenvalue weighted by Crippen LogP contribution is -2.44. The van der Waals surface area contributed by atoms with Crippen LogP contribution in [0.1, 0.15) is 62.3 Å². The number of imidazole rings is 1. The molecule has 10 nitrogen and oxygen atoms in total. The maximum Gasteiger partial charge on any atom is 0.407 e. The van der Waals surface area contributed by atoms with Gasteiger partial charge in [-0.1, -0.05) is 23.2 Å². The monoisotopic (exact) mass is 643 g/mol. The molecular weight excluding hydrogens is 609 g/mol. The molecule has 1 saturated heterocycles. The van der Waals surface area contributed by atoms with E-state index in [-0.39, 0.29) is 18.0 Å². The molecule has 1 fully saturated rings. The molecule has 5 rings (SSSR count). The molecule has 1 unspecified atom stereocenters. The Morgan fingerprint density at radius 3 is 2.77 bits per heavy atom. The van der Waals surface area contributed by atoms with E-state index in [9.17, 15) is 9.59 Å². The Kier molecular flexibility index (Phi) is 9.53. The van der Waals surface area contributed by atoms with Crippen LogP contribution in [0.2, 0.25) is 10.0 Å². The fourth-order valence-corrected chi connectivity index (χ4v) is 6.06. The van der Waals surface area contributed by atoms with Crippen molar-refractivity contribution >= 4 is 74.7 Å². The maximum atomic E-state index is 13.7. The van der Waals surface area contributed by atoms with Crippen LogP contribution in [0.3, 0.4) is 0 Å². The van der Waals surface area contributed by atoms with E-state index in [1.165, 1.54) is 6.33 Å². The summed E-state index contributed by atoms with van der Waals surface area (Å²) in [5.41, 5.74) is 2.04. The van der Waals surface area contributed by atoms with Gasteiger partial charge in [-0.25, -0.2) is 19.7 Å². The highest BCUT2D eigenvalue weighted by Crippen LogP contribution is 2.32. The van der Waals surface area contributed by atoms with Crippen molar-refractivity contribution in [2.75, 3.05) is 30.4 Å². The number of anilines is 1. The number of H-pyrrole nitrogens is 1. The lowest BCUT2D eigenvalue weighted by molar-refractivity contribution is 0.0501. The third kappa shape index (κ3) is 7.45. The Bertz CT molecular complexity index is 1640. The number of nitrogens with zero attached hydrogens (tertiary/aromatic N) is 4. The van der Waals surface area contributed by atoms with E-state index in [4.69, 9.17) is 32.9 Å². The number of rotatable bonds is 9. The van der Waals surface area contributed by atoms with Crippen molar-refractivity contribution in [1.82, 2.24) is 30.2 Å². The summed E-state index contributed by atoms with van der Waals surface area (Å²) in [6, 6.07) is 8.70. The van der Waals surface area contributed by atoms with Crippen molar-refractivity contribution in [3.8, 4) is 0 Å². The third-order valence-electron chi connectivity index (χ3n) is 7.19. The fourth-order valence-electron chi connectivity index (χ4n) is 5.18. The van der Waals surface area contributed by atoms with Gasteiger partial charge in [0.15, 0.2) is 0 Å². The third-order valence-corrected chi connectivity index (χ3v) is 8.38. The van der Waals surface area contributed by atoms with Crippen LogP contribution in [-0.4, -0.2) is 73.6 Å². The summed E-state index contributed by atoms with van der Waals surface area (Å²) in [5.74, 6) is 2.07. The lowest BCUT2D eigenvalue weighted by Gasteiger charge is -2.26. The fraction of sp³-hybridized carbons (Fsp3) is 0.433. The number of halogens is 2. The Morgan fingerprint density at radius 2 is 2.00 bits per heavy atom. The highest BCUT2D eigenvalue weighted by molar-refractivity contribution is 7.98. The zero-order chi connectivity index (χ0) is 30.7. The van der Waals surface area contributed by atoms with E-state index < -0.39 is 11.7 Å². The zero-order valence-corrected chi connectivity index (χ0v) is 26.9. The van der Waals surface area contributed by atoms with E-state index in [0.717, 1.165) is 41.9 Å². The number of hydrogen-bond acceptors (Lipinski definition) is 8. The van der Waals surface area contributed by atoms with Crippen molar-refractivity contribution in [2.45, 2.75) is 57.7 Å². The highest BCUT2D eigenvalue weighted by Gasteiger charge is 2.31. The molecule has 13 heteroatoms. The van der Waals surface area contributed by atoms with Crippen LogP contribution >= 0.6 is 35.0 Å². The summed E-state index contributed by atoms with van der Waals surface area (Å²) in [6.45, 7) is 6.30. The highest BCUT2D eigenvalue weighted by atomic mass is 35.5. The first-order chi connectivity index (χ1) is 20.5. The van der Waals surface area contributed by atoms with Crippen LogP contribution in [0.15, 0.2) is 36.7 Å². The number of nitrogens with one attached hydrogen (secondary N) is 3. The number of aromatic amines is 1. The summed E-state index contributed by atoms with van der Waals surface area (Å²) >= 11 is 14.7. The molecule has 0 radical (unpaired) electrons. The summed E-state index contributed by atoms with van der Waals surface area (Å²) in [5, 5.41) is 7.95. The Balaban J connectivity index is 1.37. The van der Waals surface area contributed by atoms with Gasteiger partial charge in [-0.05, 0) is 82.4 Å². The number of thioether (sulfide) groups is 1. The van der Waals surface area contributed by atoms with Gasteiger partial charge in [0.25, 0.3) is 5.91 Å². The largest absolute Gasteiger partial charge is 0.444 e. The molecule has 3 N–H and O–H groups in total. The van der Waals surface area contributed by atoms with E-state index >= 15 is 0 Å². The van der Waals surface area contributed by atoms with Crippen molar-refractivity contribution in [2.24, 2.45) is 0 Å².